The summed E-state index contributed by atoms with van der Waals surface area (Å²) >= 11 is 0. The minimum absolute atomic E-state index is 0.0100. The fourth-order valence-corrected chi connectivity index (χ4v) is 3.26. The van der Waals surface area contributed by atoms with E-state index in [0.717, 1.165) is 31.7 Å². The van der Waals surface area contributed by atoms with E-state index in [1.807, 2.05) is 6.07 Å². The number of benzene rings is 2. The minimum Gasteiger partial charge on any atom is -0.449 e. The van der Waals surface area contributed by atoms with Crippen LogP contribution in [0.25, 0.3) is 0 Å². The van der Waals surface area contributed by atoms with Crippen molar-refractivity contribution < 1.29 is 19.2 Å². The van der Waals surface area contributed by atoms with Crippen LogP contribution < -0.4 is 10.6 Å². The molecule has 0 radical (unpaired) electrons. The number of esters is 1. The van der Waals surface area contributed by atoms with E-state index in [-0.39, 0.29) is 28.9 Å². The van der Waals surface area contributed by atoms with Crippen molar-refractivity contribution in [3.05, 3.63) is 64.2 Å². The highest BCUT2D eigenvalue weighted by atomic mass is 16.6. The molecule has 2 aromatic rings. The van der Waals surface area contributed by atoms with E-state index in [0.29, 0.717) is 5.69 Å². The van der Waals surface area contributed by atoms with Gasteiger partial charge in [0.2, 0.25) is 0 Å². The van der Waals surface area contributed by atoms with Gasteiger partial charge in [-0.15, -0.1) is 0 Å². The largest absolute Gasteiger partial charge is 0.449 e. The van der Waals surface area contributed by atoms with E-state index < -0.39 is 17.0 Å². The van der Waals surface area contributed by atoms with Crippen LogP contribution in [-0.2, 0) is 9.53 Å². The van der Waals surface area contributed by atoms with E-state index in [1.165, 1.54) is 19.1 Å². The lowest BCUT2D eigenvalue weighted by Gasteiger charge is -2.17. The number of nitrogens with one attached hydrogen (secondary N) is 2. The Bertz CT molecular complexity index is 894. The van der Waals surface area contributed by atoms with Gasteiger partial charge in [0.05, 0.1) is 10.5 Å². The Balaban J connectivity index is 1.69. The summed E-state index contributed by atoms with van der Waals surface area (Å²) in [5.41, 5.74) is 0.690. The number of para-hydroxylation sites is 1. The maximum atomic E-state index is 12.4. The van der Waals surface area contributed by atoms with Crippen LogP contribution in [0.3, 0.4) is 0 Å². The van der Waals surface area contributed by atoms with Gasteiger partial charge in [0, 0.05) is 17.8 Å². The summed E-state index contributed by atoms with van der Waals surface area (Å²) in [7, 11) is 0. The standard InChI is InChI=1S/C21H23N3O5/c1-14(20(25)23-17-9-5-6-10-17)29-21(26)15-11-12-18(19(13-15)24(27)28)22-16-7-3-2-4-8-16/h2-4,7-8,11-14,17,22H,5-6,9-10H2,1H3,(H,23,25)/t14-/m1/s1. The molecule has 0 aliphatic heterocycles. The highest BCUT2D eigenvalue weighted by Gasteiger charge is 2.25. The van der Waals surface area contributed by atoms with Crippen molar-refractivity contribution in [3.63, 3.8) is 0 Å². The summed E-state index contributed by atoms with van der Waals surface area (Å²) in [6.45, 7) is 1.49. The quantitative estimate of drug-likeness (QED) is 0.416. The van der Waals surface area contributed by atoms with Crippen molar-refractivity contribution in [2.24, 2.45) is 0 Å². The molecule has 8 nitrogen and oxygen atoms in total. The van der Waals surface area contributed by atoms with Crippen LogP contribution in [0.5, 0.6) is 0 Å². The van der Waals surface area contributed by atoms with Crippen LogP contribution in [-0.4, -0.2) is 28.9 Å². The van der Waals surface area contributed by atoms with E-state index >= 15 is 0 Å². The Morgan fingerprint density at radius 1 is 1.14 bits per heavy atom. The Kier molecular flexibility index (Phi) is 6.43. The van der Waals surface area contributed by atoms with Gasteiger partial charge in [-0.2, -0.15) is 0 Å². The van der Waals surface area contributed by atoms with Crippen LogP contribution in [0.15, 0.2) is 48.5 Å². The summed E-state index contributed by atoms with van der Waals surface area (Å²) in [6.07, 6.45) is 3.02. The smallest absolute Gasteiger partial charge is 0.339 e. The Morgan fingerprint density at radius 3 is 2.48 bits per heavy atom. The summed E-state index contributed by atoms with van der Waals surface area (Å²) in [5.74, 6) is -1.14. The monoisotopic (exact) mass is 397 g/mol. The molecule has 0 saturated heterocycles. The summed E-state index contributed by atoms with van der Waals surface area (Å²) in [5, 5.41) is 17.3. The van der Waals surface area contributed by atoms with E-state index in [1.54, 1.807) is 24.3 Å². The van der Waals surface area contributed by atoms with Crippen molar-refractivity contribution >= 4 is 28.9 Å². The number of ether oxygens (including phenoxy) is 1. The second-order valence-corrected chi connectivity index (χ2v) is 7.02. The molecule has 2 aromatic carbocycles. The molecule has 3 rings (SSSR count). The number of amides is 1. The van der Waals surface area contributed by atoms with Gasteiger partial charge in [-0.05, 0) is 44.0 Å². The molecular formula is C21H23N3O5. The highest BCUT2D eigenvalue weighted by molar-refractivity contribution is 5.94. The molecule has 0 spiro atoms. The van der Waals surface area contributed by atoms with Crippen molar-refractivity contribution in [2.75, 3.05) is 5.32 Å². The van der Waals surface area contributed by atoms with Gasteiger partial charge < -0.3 is 15.4 Å². The van der Waals surface area contributed by atoms with E-state index in [4.69, 9.17) is 4.74 Å². The Labute approximate surface area is 168 Å². The van der Waals surface area contributed by atoms with Crippen molar-refractivity contribution in [2.45, 2.75) is 44.8 Å². The third-order valence-electron chi connectivity index (χ3n) is 4.84. The normalized spacial score (nSPS) is 14.8. The molecule has 1 atom stereocenters. The number of carbonyl (C=O) groups excluding carboxylic acids is 2. The summed E-state index contributed by atoms with van der Waals surface area (Å²) in [4.78, 5) is 35.5. The van der Waals surface area contributed by atoms with Gasteiger partial charge in [0.25, 0.3) is 11.6 Å². The molecule has 1 aliphatic carbocycles. The molecule has 1 aliphatic rings. The third-order valence-corrected chi connectivity index (χ3v) is 4.84. The first-order chi connectivity index (χ1) is 13.9. The fourth-order valence-electron chi connectivity index (χ4n) is 3.26. The predicted octanol–water partition coefficient (Wildman–Crippen LogP) is 3.94. The number of hydrogen-bond donors (Lipinski definition) is 2. The molecule has 2 N–H and O–H groups in total. The molecule has 8 heteroatoms. The number of nitro benzene ring substituents is 1. The Hall–Kier alpha value is -3.42. The maximum absolute atomic E-state index is 12.4. The lowest BCUT2D eigenvalue weighted by atomic mass is 10.1. The third kappa shape index (κ3) is 5.31. The molecular weight excluding hydrogens is 374 g/mol. The topological polar surface area (TPSA) is 111 Å². The average molecular weight is 397 g/mol. The number of carbonyl (C=O) groups is 2. The van der Waals surface area contributed by atoms with Crippen LogP contribution in [0.2, 0.25) is 0 Å². The molecule has 0 bridgehead atoms. The van der Waals surface area contributed by atoms with Gasteiger partial charge in [0.1, 0.15) is 5.69 Å². The van der Waals surface area contributed by atoms with Crippen LogP contribution in [0, 0.1) is 10.1 Å². The minimum atomic E-state index is -0.982. The number of nitrogens with zero attached hydrogens (tertiary/aromatic N) is 1. The first kappa shape index (κ1) is 20.3. The lowest BCUT2D eigenvalue weighted by molar-refractivity contribution is -0.383. The van der Waals surface area contributed by atoms with E-state index in [9.17, 15) is 19.7 Å². The first-order valence-corrected chi connectivity index (χ1v) is 9.56. The zero-order chi connectivity index (χ0) is 20.8. The van der Waals surface area contributed by atoms with Crippen LogP contribution >= 0.6 is 0 Å². The molecule has 1 amide bonds. The number of hydrogen-bond acceptors (Lipinski definition) is 6. The second-order valence-electron chi connectivity index (χ2n) is 7.02. The van der Waals surface area contributed by atoms with Gasteiger partial charge in [-0.25, -0.2) is 4.79 Å². The second kappa shape index (κ2) is 9.18. The molecule has 0 unspecified atom stereocenters. The summed E-state index contributed by atoms with van der Waals surface area (Å²) < 4.78 is 5.21. The number of rotatable bonds is 7. The summed E-state index contributed by atoms with van der Waals surface area (Å²) in [6, 6.07) is 13.1. The van der Waals surface area contributed by atoms with E-state index in [2.05, 4.69) is 10.6 Å². The number of anilines is 2. The van der Waals surface area contributed by atoms with Gasteiger partial charge in [-0.3, -0.25) is 14.9 Å². The van der Waals surface area contributed by atoms with Gasteiger partial charge in [-0.1, -0.05) is 31.0 Å². The maximum Gasteiger partial charge on any atom is 0.339 e. The fraction of sp³-hybridized carbons (Fsp3) is 0.333. The number of nitro groups is 1. The Morgan fingerprint density at radius 2 is 1.83 bits per heavy atom. The molecule has 1 fully saturated rings. The van der Waals surface area contributed by atoms with Crippen molar-refractivity contribution in [1.29, 1.82) is 0 Å². The zero-order valence-electron chi connectivity index (χ0n) is 16.1. The van der Waals surface area contributed by atoms with Crippen LogP contribution in [0.1, 0.15) is 43.0 Å². The predicted molar refractivity (Wildman–Crippen MR) is 108 cm³/mol. The van der Waals surface area contributed by atoms with Crippen molar-refractivity contribution in [1.82, 2.24) is 5.32 Å². The molecule has 0 aromatic heterocycles. The van der Waals surface area contributed by atoms with Gasteiger partial charge >= 0.3 is 5.97 Å². The lowest BCUT2D eigenvalue weighted by Crippen LogP contribution is -2.40. The molecule has 0 heterocycles. The average Bonchev–Trinajstić information content (AvgIpc) is 3.21. The van der Waals surface area contributed by atoms with Crippen molar-refractivity contribution in [3.8, 4) is 0 Å². The highest BCUT2D eigenvalue weighted by Crippen LogP contribution is 2.29. The molecule has 152 valence electrons. The first-order valence-electron chi connectivity index (χ1n) is 9.56. The zero-order valence-corrected chi connectivity index (χ0v) is 16.1. The molecule has 29 heavy (non-hydrogen) atoms. The van der Waals surface area contributed by atoms with Crippen LogP contribution in [0.4, 0.5) is 17.1 Å². The molecule has 1 saturated carbocycles. The van der Waals surface area contributed by atoms with Gasteiger partial charge in [0.15, 0.2) is 6.10 Å². The SMILES string of the molecule is C[C@@H](OC(=O)c1ccc(Nc2ccccc2)c([N+](=O)[O-])c1)C(=O)NC1CCCC1.